The smallest absolute Gasteiger partial charge is 0.340 e. The number of unbranched alkanes of at least 4 members (excludes halogenated alkanes) is 1. The maximum atomic E-state index is 13.2. The molecule has 0 aromatic heterocycles. The van der Waals surface area contributed by atoms with Crippen molar-refractivity contribution in [1.29, 1.82) is 0 Å². The number of hydrogen-bond acceptors (Lipinski definition) is 5. The van der Waals surface area contributed by atoms with Crippen LogP contribution < -0.4 is 16.0 Å². The zero-order chi connectivity index (χ0) is 21.9. The van der Waals surface area contributed by atoms with E-state index in [2.05, 4.69) is 12.2 Å². The van der Waals surface area contributed by atoms with E-state index in [-0.39, 0.29) is 13.0 Å². The van der Waals surface area contributed by atoms with Crippen LogP contribution in [0.25, 0.3) is 0 Å². The summed E-state index contributed by atoms with van der Waals surface area (Å²) in [6, 6.07) is 12.1. The van der Waals surface area contributed by atoms with Crippen molar-refractivity contribution in [3.63, 3.8) is 0 Å². The summed E-state index contributed by atoms with van der Waals surface area (Å²) in [5, 5.41) is 3.19. The van der Waals surface area contributed by atoms with Gasteiger partial charge in [-0.1, -0.05) is 25.5 Å². The molecule has 0 aliphatic heterocycles. The molecule has 0 saturated heterocycles. The maximum Gasteiger partial charge on any atom is 0.340 e. The van der Waals surface area contributed by atoms with Crippen LogP contribution in [0.1, 0.15) is 36.5 Å². The first kappa shape index (κ1) is 22.9. The molecule has 0 bridgehead atoms. The molecular formula is C22H26FN3O4. The average Bonchev–Trinajstić information content (AvgIpc) is 2.73. The molecular weight excluding hydrogens is 389 g/mol. The second-order valence-electron chi connectivity index (χ2n) is 6.64. The fraction of sp³-hybridized carbons (Fsp3) is 0.318. The van der Waals surface area contributed by atoms with Gasteiger partial charge in [0.05, 0.1) is 5.56 Å². The first-order chi connectivity index (χ1) is 14.4. The molecule has 0 radical (unpaired) electrons. The lowest BCUT2D eigenvalue weighted by Gasteiger charge is -2.22. The predicted octanol–water partition coefficient (Wildman–Crippen LogP) is 3.10. The van der Waals surface area contributed by atoms with Gasteiger partial charge in [-0.3, -0.25) is 9.59 Å². The van der Waals surface area contributed by atoms with Crippen LogP contribution in [0.5, 0.6) is 0 Å². The monoisotopic (exact) mass is 415 g/mol. The molecule has 3 N–H and O–H groups in total. The Balaban J connectivity index is 2.06. The van der Waals surface area contributed by atoms with E-state index in [9.17, 15) is 18.8 Å². The molecule has 30 heavy (non-hydrogen) atoms. The molecule has 2 rings (SSSR count). The Hall–Kier alpha value is -3.42. The topological polar surface area (TPSA) is 102 Å². The van der Waals surface area contributed by atoms with Crippen LogP contribution in [-0.4, -0.2) is 37.5 Å². The van der Waals surface area contributed by atoms with Gasteiger partial charge in [0, 0.05) is 30.9 Å². The minimum atomic E-state index is -0.642. The second kappa shape index (κ2) is 11.5. The first-order valence-corrected chi connectivity index (χ1v) is 9.76. The van der Waals surface area contributed by atoms with E-state index in [4.69, 9.17) is 10.5 Å². The van der Waals surface area contributed by atoms with E-state index < -0.39 is 30.2 Å². The summed E-state index contributed by atoms with van der Waals surface area (Å²) < 4.78 is 18.4. The molecule has 0 aliphatic carbocycles. The maximum absolute atomic E-state index is 13.2. The van der Waals surface area contributed by atoms with Crippen molar-refractivity contribution in [2.75, 3.05) is 29.9 Å². The fourth-order valence-electron chi connectivity index (χ4n) is 2.74. The summed E-state index contributed by atoms with van der Waals surface area (Å²) in [5.41, 5.74) is 6.51. The largest absolute Gasteiger partial charge is 0.452 e. The highest BCUT2D eigenvalue weighted by molar-refractivity contribution is 5.99. The SMILES string of the molecule is CCCCNc1ccccc1C(=O)OCC(=O)N(CCC(N)=O)c1ccc(F)cc1. The number of nitrogens with two attached hydrogens (primary N) is 1. The van der Waals surface area contributed by atoms with Gasteiger partial charge in [0.15, 0.2) is 6.61 Å². The summed E-state index contributed by atoms with van der Waals surface area (Å²) in [4.78, 5) is 37.6. The van der Waals surface area contributed by atoms with E-state index in [1.54, 1.807) is 24.3 Å². The Morgan fingerprint density at radius 3 is 2.47 bits per heavy atom. The Morgan fingerprint density at radius 2 is 1.80 bits per heavy atom. The highest BCUT2D eigenvalue weighted by Gasteiger charge is 2.20. The van der Waals surface area contributed by atoms with Crippen LogP contribution >= 0.6 is 0 Å². The number of nitrogens with zero attached hydrogens (tertiary/aromatic N) is 1. The van der Waals surface area contributed by atoms with Crippen molar-refractivity contribution < 1.29 is 23.5 Å². The fourth-order valence-corrected chi connectivity index (χ4v) is 2.74. The molecule has 0 saturated carbocycles. The van der Waals surface area contributed by atoms with Crippen LogP contribution in [0, 0.1) is 5.82 Å². The van der Waals surface area contributed by atoms with E-state index in [1.165, 1.54) is 29.2 Å². The van der Waals surface area contributed by atoms with Crippen LogP contribution in [0.3, 0.4) is 0 Å². The quantitative estimate of drug-likeness (QED) is 0.434. The number of ether oxygens (including phenoxy) is 1. The number of rotatable bonds is 11. The Bertz CT molecular complexity index is 871. The lowest BCUT2D eigenvalue weighted by molar-refractivity contribution is -0.121. The molecule has 0 aliphatic rings. The lowest BCUT2D eigenvalue weighted by atomic mass is 10.1. The van der Waals surface area contributed by atoms with Crippen molar-refractivity contribution in [3.8, 4) is 0 Å². The molecule has 160 valence electrons. The number of anilines is 2. The van der Waals surface area contributed by atoms with E-state index in [1.807, 2.05) is 0 Å². The third-order valence-corrected chi connectivity index (χ3v) is 4.34. The number of esters is 1. The van der Waals surface area contributed by atoms with Crippen molar-refractivity contribution in [2.45, 2.75) is 26.2 Å². The number of benzene rings is 2. The summed E-state index contributed by atoms with van der Waals surface area (Å²) >= 11 is 0. The zero-order valence-electron chi connectivity index (χ0n) is 16.9. The Morgan fingerprint density at radius 1 is 1.10 bits per heavy atom. The van der Waals surface area contributed by atoms with Gasteiger partial charge in [-0.2, -0.15) is 0 Å². The van der Waals surface area contributed by atoms with Gasteiger partial charge >= 0.3 is 5.97 Å². The number of carbonyl (C=O) groups is 3. The van der Waals surface area contributed by atoms with Crippen LogP contribution in [-0.2, 0) is 14.3 Å². The van der Waals surface area contributed by atoms with Gasteiger partial charge in [0.25, 0.3) is 5.91 Å². The Kier molecular flexibility index (Phi) is 8.80. The molecule has 0 fully saturated rings. The Labute approximate surface area is 175 Å². The number of para-hydroxylation sites is 1. The van der Waals surface area contributed by atoms with Crippen LogP contribution in [0.15, 0.2) is 48.5 Å². The molecule has 0 heterocycles. The zero-order valence-corrected chi connectivity index (χ0v) is 16.9. The first-order valence-electron chi connectivity index (χ1n) is 9.76. The number of primary amides is 1. The van der Waals surface area contributed by atoms with E-state index in [0.717, 1.165) is 12.8 Å². The third-order valence-electron chi connectivity index (χ3n) is 4.34. The molecule has 8 heteroatoms. The normalized spacial score (nSPS) is 10.3. The van der Waals surface area contributed by atoms with Gasteiger partial charge in [0.2, 0.25) is 5.91 Å². The van der Waals surface area contributed by atoms with Gasteiger partial charge < -0.3 is 20.7 Å². The summed E-state index contributed by atoms with van der Waals surface area (Å²) in [6.07, 6.45) is 1.88. The number of carbonyl (C=O) groups excluding carboxylic acids is 3. The minimum Gasteiger partial charge on any atom is -0.452 e. The third kappa shape index (κ3) is 6.88. The highest BCUT2D eigenvalue weighted by Crippen LogP contribution is 2.18. The van der Waals surface area contributed by atoms with E-state index >= 15 is 0 Å². The summed E-state index contributed by atoms with van der Waals surface area (Å²) in [5.74, 6) is -2.23. The standard InChI is InChI=1S/C22H26FN3O4/c1-2-3-13-25-19-7-5-4-6-18(19)22(29)30-15-21(28)26(14-12-20(24)27)17-10-8-16(23)9-11-17/h4-11,25H,2-3,12-15H2,1H3,(H2,24,27). The number of hydrogen-bond donors (Lipinski definition) is 2. The van der Waals surface area contributed by atoms with Crippen LogP contribution in [0.4, 0.5) is 15.8 Å². The van der Waals surface area contributed by atoms with Crippen molar-refractivity contribution in [3.05, 3.63) is 59.9 Å². The molecule has 2 amide bonds. The summed E-state index contributed by atoms with van der Waals surface area (Å²) in [7, 11) is 0. The molecule has 0 atom stereocenters. The average molecular weight is 415 g/mol. The summed E-state index contributed by atoms with van der Waals surface area (Å²) in [6.45, 7) is 2.24. The lowest BCUT2D eigenvalue weighted by Crippen LogP contribution is -2.37. The molecule has 2 aromatic rings. The van der Waals surface area contributed by atoms with Gasteiger partial charge in [-0.05, 0) is 42.8 Å². The van der Waals surface area contributed by atoms with Crippen molar-refractivity contribution in [1.82, 2.24) is 0 Å². The van der Waals surface area contributed by atoms with Gasteiger partial charge in [-0.15, -0.1) is 0 Å². The minimum absolute atomic E-state index is 0.00743. The molecule has 0 spiro atoms. The van der Waals surface area contributed by atoms with Crippen molar-refractivity contribution >= 4 is 29.2 Å². The van der Waals surface area contributed by atoms with Gasteiger partial charge in [-0.25, -0.2) is 9.18 Å². The van der Waals surface area contributed by atoms with Crippen LogP contribution in [0.2, 0.25) is 0 Å². The number of nitrogens with one attached hydrogen (secondary N) is 1. The molecule has 0 unspecified atom stereocenters. The molecule has 7 nitrogen and oxygen atoms in total. The van der Waals surface area contributed by atoms with Crippen molar-refractivity contribution in [2.24, 2.45) is 5.73 Å². The highest BCUT2D eigenvalue weighted by atomic mass is 19.1. The number of halogens is 1. The molecule has 2 aromatic carbocycles. The van der Waals surface area contributed by atoms with E-state index in [0.29, 0.717) is 23.5 Å². The second-order valence-corrected chi connectivity index (χ2v) is 6.64. The van der Waals surface area contributed by atoms with Gasteiger partial charge in [0.1, 0.15) is 5.82 Å². The number of amides is 2. The predicted molar refractivity (Wildman–Crippen MR) is 113 cm³/mol.